The van der Waals surface area contributed by atoms with Gasteiger partial charge in [0.1, 0.15) is 0 Å². The van der Waals surface area contributed by atoms with Crippen molar-refractivity contribution < 1.29 is 40.3 Å². The van der Waals surface area contributed by atoms with Crippen molar-refractivity contribution in [2.45, 2.75) is 32.0 Å². The minimum absolute atomic E-state index is 0.186. The molecule has 4 nitrogen and oxygen atoms in total. The average Bonchev–Trinajstić information content (AvgIpc) is 3.21. The highest BCUT2D eigenvalue weighted by Gasteiger charge is 2.34. The number of methoxy groups -OCH3 is 2. The van der Waals surface area contributed by atoms with Crippen LogP contribution < -0.4 is 9.47 Å². The first-order chi connectivity index (χ1) is 20.9. The number of likely N-dealkylation sites (tertiary alicyclic amines) is 1. The zero-order chi connectivity index (χ0) is 36.2. The quantitative estimate of drug-likeness (QED) is 0.725. The van der Waals surface area contributed by atoms with Gasteiger partial charge in [0.05, 0.1) is 22.3 Å². The largest absolute Gasteiger partial charge is 0.493 e. The molecule has 148 valence electrons. The molecule has 0 radical (unpaired) electrons. The van der Waals surface area contributed by atoms with Crippen molar-refractivity contribution in [3.63, 3.8) is 0 Å². The highest BCUT2D eigenvalue weighted by Crippen LogP contribution is 2.39. The molecule has 1 atom stereocenters. The Hall–Kier alpha value is -2.33. The number of piperidine rings is 1. The number of Topliss-reactive ketones (excluding diaryl/α,β-unsaturated/α-hetero) is 1. The van der Waals surface area contributed by atoms with Crippen LogP contribution in [0.1, 0.15) is 66.6 Å². The van der Waals surface area contributed by atoms with Crippen molar-refractivity contribution in [3.05, 3.63) is 59.2 Å². The summed E-state index contributed by atoms with van der Waals surface area (Å²) in [6.45, 7) is -11.2. The number of carbonyl (C=O) groups excluding carboxylic acids is 1. The third-order valence-corrected chi connectivity index (χ3v) is 4.31. The van der Waals surface area contributed by atoms with E-state index in [0.717, 1.165) is 24.3 Å². The van der Waals surface area contributed by atoms with E-state index in [1.807, 2.05) is 0 Å². The van der Waals surface area contributed by atoms with Crippen molar-refractivity contribution in [1.29, 1.82) is 0 Å². The summed E-state index contributed by atoms with van der Waals surface area (Å²) in [4.78, 5) is 13.4. The molecule has 0 N–H and O–H groups in total. The number of hydrogen-bond donors (Lipinski definition) is 0. The number of benzene rings is 2. The van der Waals surface area contributed by atoms with Crippen LogP contribution in [0.15, 0.2) is 42.5 Å². The van der Waals surface area contributed by atoms with Crippen molar-refractivity contribution in [1.82, 2.24) is 4.90 Å². The van der Waals surface area contributed by atoms with Gasteiger partial charge in [-0.1, -0.05) is 30.3 Å². The molecule has 4 rings (SSSR count). The van der Waals surface area contributed by atoms with Crippen molar-refractivity contribution in [3.8, 4) is 11.5 Å². The molecule has 1 heterocycles. The Kier molecular flexibility index (Phi) is 2.05. The van der Waals surface area contributed by atoms with Crippen LogP contribution in [0.5, 0.6) is 11.5 Å². The van der Waals surface area contributed by atoms with Crippen molar-refractivity contribution in [2.24, 2.45) is 11.8 Å². The third kappa shape index (κ3) is 3.93. The molecule has 0 spiro atoms. The summed E-state index contributed by atoms with van der Waals surface area (Å²) in [5, 5.41) is 0. The Labute approximate surface area is 194 Å². The lowest BCUT2D eigenvalue weighted by Crippen LogP contribution is -2.34. The van der Waals surface area contributed by atoms with E-state index in [2.05, 4.69) is 0 Å². The molecule has 0 aromatic heterocycles. The van der Waals surface area contributed by atoms with Crippen LogP contribution in [0.3, 0.4) is 0 Å². The van der Waals surface area contributed by atoms with Crippen LogP contribution in [0.25, 0.3) is 0 Å². The van der Waals surface area contributed by atoms with Crippen LogP contribution in [-0.4, -0.2) is 37.8 Å². The Balaban J connectivity index is 1.89. The second-order valence-electron chi connectivity index (χ2n) is 6.09. The third-order valence-electron chi connectivity index (χ3n) is 4.31. The molecular weight excluding hydrogens is 350 g/mol. The van der Waals surface area contributed by atoms with Crippen LogP contribution in [0.4, 0.5) is 0 Å². The molecular formula is C24H29NO3. The fraction of sp³-hybridized carbons (Fsp3) is 0.458. The first-order valence-corrected chi connectivity index (χ1v) is 8.35. The standard InChI is InChI=1S/C24H29NO3/c1-27-22-14-19-13-20(24(26)21(19)15-23(22)28-2)12-17-8-10-25(11-9-17)16-18-6-4-3-5-7-18/h3-7,14-15,17,20H,8-13,16H2,1-2H3/i1D3,2D3,8D2,9D2,10D2,11D2,12D2,16D2,17D. The molecule has 0 amide bonds. The predicted molar refractivity (Wildman–Crippen MR) is 110 cm³/mol. The van der Waals surface area contributed by atoms with E-state index in [9.17, 15) is 4.79 Å². The fourth-order valence-corrected chi connectivity index (χ4v) is 3.00. The summed E-state index contributed by atoms with van der Waals surface area (Å²) < 4.78 is 168. The zero-order valence-corrected chi connectivity index (χ0v) is 14.5. The van der Waals surface area contributed by atoms with E-state index in [1.54, 1.807) is 0 Å². The van der Waals surface area contributed by atoms with Gasteiger partial charge in [0.25, 0.3) is 0 Å². The number of nitrogens with zero attached hydrogens (tertiary/aromatic N) is 1. The number of fused-ring (bicyclic) bond motifs is 1. The summed E-state index contributed by atoms with van der Waals surface area (Å²) in [5.41, 5.74) is -1.05. The van der Waals surface area contributed by atoms with E-state index in [-0.39, 0.29) is 10.5 Å². The zero-order valence-electron chi connectivity index (χ0n) is 33.5. The van der Waals surface area contributed by atoms with E-state index < -0.39 is 99.3 Å². The Morgan fingerprint density at radius 3 is 2.61 bits per heavy atom. The van der Waals surface area contributed by atoms with Gasteiger partial charge in [0.15, 0.2) is 17.3 Å². The maximum Gasteiger partial charge on any atom is 0.166 e. The topological polar surface area (TPSA) is 38.8 Å². The fourth-order valence-electron chi connectivity index (χ4n) is 3.00. The number of rotatable bonds is 6. The summed E-state index contributed by atoms with van der Waals surface area (Å²) >= 11 is 0. The predicted octanol–water partition coefficient (Wildman–Crippen LogP) is 4.36. The molecule has 1 fully saturated rings. The molecule has 4 heteroatoms. The second-order valence-corrected chi connectivity index (χ2v) is 6.09. The van der Waals surface area contributed by atoms with Gasteiger partial charge in [-0.25, -0.2) is 0 Å². The summed E-state index contributed by atoms with van der Waals surface area (Å²) in [7, 11) is -6.32. The molecule has 1 aliphatic carbocycles. The highest BCUT2D eigenvalue weighted by atomic mass is 16.5. The van der Waals surface area contributed by atoms with Gasteiger partial charge in [-0.15, -0.1) is 0 Å². The minimum Gasteiger partial charge on any atom is -0.493 e. The lowest BCUT2D eigenvalue weighted by molar-refractivity contribution is 0.0895. The lowest BCUT2D eigenvalue weighted by atomic mass is 9.85. The number of ketones is 1. The SMILES string of the molecule is [2H]C([2H])([2H])Oc1cc2c(cc1OC([2H])([2H])[2H])C(=O)C(C([2H])([2H])C1([2H])C([2H])([2H])C([2H])([2H])N(C([2H])([2H])c3ccccc3)C([2H])([2H])C1([2H])[2H])C2. The van der Waals surface area contributed by atoms with E-state index >= 15 is 0 Å². The Morgan fingerprint density at radius 1 is 1.18 bits per heavy atom. The van der Waals surface area contributed by atoms with Crippen LogP contribution in [-0.2, 0) is 12.9 Å². The van der Waals surface area contributed by atoms with Gasteiger partial charge in [-0.3, -0.25) is 9.69 Å². The molecule has 2 aliphatic rings. The van der Waals surface area contributed by atoms with E-state index in [0.29, 0.717) is 0 Å². The van der Waals surface area contributed by atoms with Crippen molar-refractivity contribution in [2.75, 3.05) is 27.1 Å². The smallest absolute Gasteiger partial charge is 0.166 e. The first kappa shape index (κ1) is 6.88. The van der Waals surface area contributed by atoms with Crippen molar-refractivity contribution >= 4 is 5.78 Å². The first-order valence-electron chi connectivity index (χ1n) is 17.8. The van der Waals surface area contributed by atoms with E-state index in [4.69, 9.17) is 35.5 Å². The van der Waals surface area contributed by atoms with Gasteiger partial charge < -0.3 is 9.47 Å². The highest BCUT2D eigenvalue weighted by molar-refractivity contribution is 6.02. The second kappa shape index (κ2) is 8.36. The van der Waals surface area contributed by atoms with Crippen LogP contribution in [0.2, 0.25) is 0 Å². The minimum atomic E-state index is -4.12. The number of ether oxygens (including phenoxy) is 2. The monoisotopic (exact) mass is 398 g/mol. The van der Waals surface area contributed by atoms with Gasteiger partial charge >= 0.3 is 0 Å². The molecule has 1 unspecified atom stereocenters. The number of hydrogen-bond acceptors (Lipinski definition) is 4. The normalized spacial score (nSPS) is 40.5. The molecule has 0 saturated carbocycles. The maximum absolute atomic E-state index is 13.7. The summed E-state index contributed by atoms with van der Waals surface area (Å²) in [6.07, 6.45) is -12.7. The van der Waals surface area contributed by atoms with Crippen LogP contribution >= 0.6 is 0 Å². The van der Waals surface area contributed by atoms with Gasteiger partial charge in [-0.2, -0.15) is 0 Å². The average molecular weight is 399 g/mol. The molecule has 1 saturated heterocycles. The molecule has 2 aromatic rings. The Bertz CT molecular complexity index is 1520. The Morgan fingerprint density at radius 2 is 1.89 bits per heavy atom. The number of carbonyl (C=O) groups is 1. The molecule has 0 bridgehead atoms. The lowest BCUT2D eigenvalue weighted by Gasteiger charge is -2.32. The molecule has 2 aromatic carbocycles. The van der Waals surface area contributed by atoms with E-state index in [1.165, 1.54) is 18.2 Å². The molecule has 28 heavy (non-hydrogen) atoms. The summed E-state index contributed by atoms with van der Waals surface area (Å²) in [5.74, 6) is -9.05. The molecule has 1 aliphatic heterocycles. The van der Waals surface area contributed by atoms with Gasteiger partial charge in [-0.05, 0) is 67.7 Å². The van der Waals surface area contributed by atoms with Gasteiger partial charge in [0, 0.05) is 35.8 Å². The maximum atomic E-state index is 13.7. The van der Waals surface area contributed by atoms with Gasteiger partial charge in [0.2, 0.25) is 0 Å². The summed E-state index contributed by atoms with van der Waals surface area (Å²) in [6, 6.07) is 7.98. The van der Waals surface area contributed by atoms with Crippen LogP contribution in [0, 0.1) is 11.8 Å².